The molecule has 132 valence electrons. The highest BCUT2D eigenvalue weighted by molar-refractivity contribution is 5.91. The second-order valence-electron chi connectivity index (χ2n) is 6.38. The fourth-order valence-electron chi connectivity index (χ4n) is 2.85. The Morgan fingerprint density at radius 1 is 1.19 bits per heavy atom. The van der Waals surface area contributed by atoms with Crippen LogP contribution in [-0.4, -0.2) is 20.8 Å². The van der Waals surface area contributed by atoms with Crippen LogP contribution in [0.4, 0.5) is 10.5 Å². The lowest BCUT2D eigenvalue weighted by Gasteiger charge is -2.08. The van der Waals surface area contributed by atoms with Gasteiger partial charge in [0.05, 0.1) is 24.6 Å². The SMILES string of the molecule is CC(C)n1ncc2cc(NC(=O)NCc3cc4ccccc4o3)cnc21. The lowest BCUT2D eigenvalue weighted by Crippen LogP contribution is -2.28. The molecule has 2 N–H and O–H groups in total. The number of hydrogen-bond donors (Lipinski definition) is 2. The van der Waals surface area contributed by atoms with Gasteiger partial charge < -0.3 is 15.1 Å². The molecule has 2 amide bonds. The Kier molecular flexibility index (Phi) is 4.04. The normalized spacial score (nSPS) is 11.3. The first-order valence-electron chi connectivity index (χ1n) is 8.46. The molecule has 0 aliphatic heterocycles. The molecule has 0 radical (unpaired) electrons. The molecule has 0 saturated carbocycles. The van der Waals surface area contributed by atoms with Crippen molar-refractivity contribution in [2.24, 2.45) is 0 Å². The summed E-state index contributed by atoms with van der Waals surface area (Å²) in [6.07, 6.45) is 3.38. The molecule has 0 fully saturated rings. The van der Waals surface area contributed by atoms with Crippen LogP contribution in [0.5, 0.6) is 0 Å². The highest BCUT2D eigenvalue weighted by atomic mass is 16.3. The minimum Gasteiger partial charge on any atom is -0.459 e. The highest BCUT2D eigenvalue weighted by Crippen LogP contribution is 2.20. The van der Waals surface area contributed by atoms with E-state index in [2.05, 4.69) is 20.7 Å². The van der Waals surface area contributed by atoms with E-state index in [1.54, 1.807) is 12.4 Å². The number of urea groups is 1. The third-order valence-corrected chi connectivity index (χ3v) is 4.08. The summed E-state index contributed by atoms with van der Waals surface area (Å²) in [5, 5.41) is 11.8. The summed E-state index contributed by atoms with van der Waals surface area (Å²) >= 11 is 0. The van der Waals surface area contributed by atoms with Crippen LogP contribution in [0.1, 0.15) is 25.6 Å². The summed E-state index contributed by atoms with van der Waals surface area (Å²) in [6.45, 7) is 4.40. The number of carbonyl (C=O) groups excluding carboxylic acids is 1. The number of nitrogens with one attached hydrogen (secondary N) is 2. The van der Waals surface area contributed by atoms with Crippen LogP contribution in [-0.2, 0) is 6.54 Å². The number of fused-ring (bicyclic) bond motifs is 2. The Balaban J connectivity index is 1.42. The second-order valence-corrected chi connectivity index (χ2v) is 6.38. The van der Waals surface area contributed by atoms with E-state index in [4.69, 9.17) is 4.42 Å². The van der Waals surface area contributed by atoms with Crippen molar-refractivity contribution in [2.45, 2.75) is 26.4 Å². The second kappa shape index (κ2) is 6.51. The molecule has 7 nitrogen and oxygen atoms in total. The number of carbonyl (C=O) groups is 1. The molecule has 4 rings (SSSR count). The van der Waals surface area contributed by atoms with Crippen molar-refractivity contribution in [2.75, 3.05) is 5.32 Å². The van der Waals surface area contributed by atoms with Crippen LogP contribution in [0.15, 0.2) is 53.2 Å². The van der Waals surface area contributed by atoms with E-state index in [1.165, 1.54) is 0 Å². The summed E-state index contributed by atoms with van der Waals surface area (Å²) in [5.74, 6) is 0.702. The third kappa shape index (κ3) is 3.11. The number of benzene rings is 1. The molecule has 0 atom stereocenters. The van der Waals surface area contributed by atoms with E-state index in [0.29, 0.717) is 18.0 Å². The standard InChI is InChI=1S/C19H19N5O2/c1-12(2)24-18-14(9-22-24)7-15(10-20-18)23-19(25)21-11-16-8-13-5-3-4-6-17(13)26-16/h3-10,12H,11H2,1-2H3,(H2,21,23,25). The highest BCUT2D eigenvalue weighted by Gasteiger charge is 2.10. The van der Waals surface area contributed by atoms with Crippen molar-refractivity contribution in [1.29, 1.82) is 0 Å². The predicted molar refractivity (Wildman–Crippen MR) is 100.0 cm³/mol. The van der Waals surface area contributed by atoms with Crippen LogP contribution in [0.2, 0.25) is 0 Å². The molecule has 0 bridgehead atoms. The van der Waals surface area contributed by atoms with Gasteiger partial charge in [-0.1, -0.05) is 18.2 Å². The maximum absolute atomic E-state index is 12.1. The molecule has 26 heavy (non-hydrogen) atoms. The van der Waals surface area contributed by atoms with Crippen LogP contribution in [0.25, 0.3) is 22.0 Å². The van der Waals surface area contributed by atoms with Crippen LogP contribution in [0, 0.1) is 0 Å². The first-order valence-corrected chi connectivity index (χ1v) is 8.46. The molecule has 4 aromatic rings. The van der Waals surface area contributed by atoms with Gasteiger partial charge in [-0.25, -0.2) is 14.5 Å². The molecule has 0 spiro atoms. The van der Waals surface area contributed by atoms with Crippen molar-refractivity contribution in [3.05, 3.63) is 54.6 Å². The Morgan fingerprint density at radius 3 is 2.85 bits per heavy atom. The minimum atomic E-state index is -0.317. The number of rotatable bonds is 4. The monoisotopic (exact) mass is 349 g/mol. The molecular formula is C19H19N5O2. The van der Waals surface area contributed by atoms with Gasteiger partial charge in [0.2, 0.25) is 0 Å². The molecule has 3 aromatic heterocycles. The maximum Gasteiger partial charge on any atom is 0.319 e. The van der Waals surface area contributed by atoms with Crippen LogP contribution >= 0.6 is 0 Å². The van der Waals surface area contributed by atoms with Gasteiger partial charge in [-0.3, -0.25) is 0 Å². The van der Waals surface area contributed by atoms with Crippen molar-refractivity contribution in [1.82, 2.24) is 20.1 Å². The maximum atomic E-state index is 12.1. The number of hydrogen-bond acceptors (Lipinski definition) is 4. The van der Waals surface area contributed by atoms with E-state index in [1.807, 2.05) is 54.9 Å². The Morgan fingerprint density at radius 2 is 2.04 bits per heavy atom. The van der Waals surface area contributed by atoms with Crippen molar-refractivity contribution < 1.29 is 9.21 Å². The Hall–Kier alpha value is -3.35. The number of para-hydroxylation sites is 1. The molecule has 1 aromatic carbocycles. The molecule has 3 heterocycles. The summed E-state index contributed by atoms with van der Waals surface area (Å²) in [5.41, 5.74) is 2.22. The molecule has 7 heteroatoms. The molecule has 0 saturated heterocycles. The molecular weight excluding hydrogens is 330 g/mol. The zero-order valence-electron chi connectivity index (χ0n) is 14.6. The van der Waals surface area contributed by atoms with Gasteiger partial charge in [-0.2, -0.15) is 5.10 Å². The van der Waals surface area contributed by atoms with E-state index in [9.17, 15) is 4.79 Å². The van der Waals surface area contributed by atoms with Crippen molar-refractivity contribution >= 4 is 33.7 Å². The first-order chi connectivity index (χ1) is 12.6. The van der Waals surface area contributed by atoms with Crippen LogP contribution in [0.3, 0.4) is 0 Å². The van der Waals surface area contributed by atoms with E-state index in [0.717, 1.165) is 22.0 Å². The Bertz CT molecular complexity index is 1050. The van der Waals surface area contributed by atoms with Gasteiger partial charge in [0.25, 0.3) is 0 Å². The minimum absolute atomic E-state index is 0.228. The predicted octanol–water partition coefficient (Wildman–Crippen LogP) is 4.08. The van der Waals surface area contributed by atoms with Gasteiger partial charge >= 0.3 is 6.03 Å². The van der Waals surface area contributed by atoms with Crippen molar-refractivity contribution in [3.63, 3.8) is 0 Å². The number of anilines is 1. The van der Waals surface area contributed by atoms with Gasteiger partial charge in [-0.15, -0.1) is 0 Å². The zero-order valence-corrected chi connectivity index (χ0v) is 14.6. The lowest BCUT2D eigenvalue weighted by molar-refractivity contribution is 0.251. The summed E-state index contributed by atoms with van der Waals surface area (Å²) in [6, 6.07) is 11.4. The third-order valence-electron chi connectivity index (χ3n) is 4.08. The van der Waals surface area contributed by atoms with Crippen molar-refractivity contribution in [3.8, 4) is 0 Å². The van der Waals surface area contributed by atoms with Gasteiger partial charge in [0.15, 0.2) is 5.65 Å². The first kappa shape index (κ1) is 16.1. The largest absolute Gasteiger partial charge is 0.459 e. The number of amides is 2. The zero-order chi connectivity index (χ0) is 18.1. The number of pyridine rings is 1. The molecule has 0 unspecified atom stereocenters. The fraction of sp³-hybridized carbons (Fsp3) is 0.211. The average Bonchev–Trinajstić information content (AvgIpc) is 3.23. The number of furan rings is 1. The summed E-state index contributed by atoms with van der Waals surface area (Å²) in [4.78, 5) is 16.5. The average molecular weight is 349 g/mol. The topological polar surface area (TPSA) is 85.0 Å². The number of aromatic nitrogens is 3. The van der Waals surface area contributed by atoms with Crippen LogP contribution < -0.4 is 10.6 Å². The summed E-state index contributed by atoms with van der Waals surface area (Å²) < 4.78 is 7.53. The van der Waals surface area contributed by atoms with E-state index in [-0.39, 0.29) is 12.1 Å². The van der Waals surface area contributed by atoms with Gasteiger partial charge in [-0.05, 0) is 32.0 Å². The number of nitrogens with zero attached hydrogens (tertiary/aromatic N) is 3. The quantitative estimate of drug-likeness (QED) is 0.581. The van der Waals surface area contributed by atoms with E-state index < -0.39 is 0 Å². The van der Waals surface area contributed by atoms with E-state index >= 15 is 0 Å². The lowest BCUT2D eigenvalue weighted by atomic mass is 10.2. The fourth-order valence-corrected chi connectivity index (χ4v) is 2.85. The molecule has 0 aliphatic rings. The summed E-state index contributed by atoms with van der Waals surface area (Å²) in [7, 11) is 0. The Labute approximate surface area is 150 Å². The molecule has 0 aliphatic carbocycles. The van der Waals surface area contributed by atoms with Gasteiger partial charge in [0, 0.05) is 16.8 Å². The smallest absolute Gasteiger partial charge is 0.319 e. The van der Waals surface area contributed by atoms with Gasteiger partial charge in [0.1, 0.15) is 11.3 Å².